The SMILES string of the molecule is Cc1[nH]c2cc(F)ccc2c1CCNC(C)C. The van der Waals surface area contributed by atoms with Gasteiger partial charge < -0.3 is 10.3 Å². The molecule has 0 aliphatic rings. The summed E-state index contributed by atoms with van der Waals surface area (Å²) in [5, 5.41) is 4.53. The lowest BCUT2D eigenvalue weighted by Gasteiger charge is -2.07. The van der Waals surface area contributed by atoms with Gasteiger partial charge in [0.2, 0.25) is 0 Å². The zero-order valence-electron chi connectivity index (χ0n) is 10.6. The molecule has 92 valence electrons. The van der Waals surface area contributed by atoms with Crippen LogP contribution in [0.5, 0.6) is 0 Å². The molecule has 0 spiro atoms. The Bertz CT molecular complexity index is 514. The fourth-order valence-corrected chi connectivity index (χ4v) is 2.17. The third kappa shape index (κ3) is 2.67. The number of aromatic nitrogens is 1. The van der Waals surface area contributed by atoms with Crippen LogP contribution in [0.3, 0.4) is 0 Å². The Labute approximate surface area is 101 Å². The minimum atomic E-state index is -0.189. The van der Waals surface area contributed by atoms with Crippen LogP contribution in [0.2, 0.25) is 0 Å². The number of fused-ring (bicyclic) bond motifs is 1. The van der Waals surface area contributed by atoms with E-state index in [1.807, 2.05) is 13.0 Å². The molecule has 0 aliphatic heterocycles. The first kappa shape index (κ1) is 12.1. The Hall–Kier alpha value is -1.35. The van der Waals surface area contributed by atoms with Gasteiger partial charge in [0, 0.05) is 22.6 Å². The van der Waals surface area contributed by atoms with Crippen LogP contribution in [0, 0.1) is 12.7 Å². The number of aromatic amines is 1. The Morgan fingerprint density at radius 2 is 2.12 bits per heavy atom. The molecule has 0 fully saturated rings. The molecule has 0 saturated carbocycles. The second-order valence-corrected chi connectivity index (χ2v) is 4.78. The lowest BCUT2D eigenvalue weighted by Crippen LogP contribution is -2.25. The maximum Gasteiger partial charge on any atom is 0.125 e. The largest absolute Gasteiger partial charge is 0.358 e. The lowest BCUT2D eigenvalue weighted by molar-refractivity contribution is 0.590. The number of H-pyrrole nitrogens is 1. The second-order valence-electron chi connectivity index (χ2n) is 4.78. The molecule has 3 heteroatoms. The van der Waals surface area contributed by atoms with E-state index in [4.69, 9.17) is 0 Å². The normalized spacial score (nSPS) is 11.6. The minimum Gasteiger partial charge on any atom is -0.358 e. The lowest BCUT2D eigenvalue weighted by atomic mass is 10.1. The second kappa shape index (κ2) is 4.88. The molecule has 0 amide bonds. The van der Waals surface area contributed by atoms with Gasteiger partial charge in [0.1, 0.15) is 5.82 Å². The van der Waals surface area contributed by atoms with Gasteiger partial charge >= 0.3 is 0 Å². The first-order chi connectivity index (χ1) is 8.08. The van der Waals surface area contributed by atoms with E-state index in [1.54, 1.807) is 6.07 Å². The maximum atomic E-state index is 13.1. The first-order valence-corrected chi connectivity index (χ1v) is 6.08. The van der Waals surface area contributed by atoms with E-state index in [-0.39, 0.29) is 5.82 Å². The number of hydrogen-bond acceptors (Lipinski definition) is 1. The molecule has 2 nitrogen and oxygen atoms in total. The van der Waals surface area contributed by atoms with Crippen LogP contribution in [0.15, 0.2) is 18.2 Å². The molecule has 1 aromatic carbocycles. The molecule has 2 N–H and O–H groups in total. The van der Waals surface area contributed by atoms with Crippen LogP contribution in [0.25, 0.3) is 10.9 Å². The molecule has 2 aromatic rings. The predicted molar refractivity (Wildman–Crippen MR) is 69.8 cm³/mol. The number of halogens is 1. The summed E-state index contributed by atoms with van der Waals surface area (Å²) in [6.45, 7) is 7.26. The molecular weight excluding hydrogens is 215 g/mol. The first-order valence-electron chi connectivity index (χ1n) is 6.08. The zero-order valence-corrected chi connectivity index (χ0v) is 10.6. The van der Waals surface area contributed by atoms with Crippen LogP contribution < -0.4 is 5.32 Å². The molecular formula is C14H19FN2. The van der Waals surface area contributed by atoms with Crippen molar-refractivity contribution in [2.75, 3.05) is 6.54 Å². The van der Waals surface area contributed by atoms with Gasteiger partial charge in [0.25, 0.3) is 0 Å². The fraction of sp³-hybridized carbons (Fsp3) is 0.429. The highest BCUT2D eigenvalue weighted by atomic mass is 19.1. The van der Waals surface area contributed by atoms with Crippen molar-refractivity contribution in [3.63, 3.8) is 0 Å². The van der Waals surface area contributed by atoms with Gasteiger partial charge in [-0.1, -0.05) is 13.8 Å². The van der Waals surface area contributed by atoms with Crippen molar-refractivity contribution in [3.8, 4) is 0 Å². The summed E-state index contributed by atoms with van der Waals surface area (Å²) in [7, 11) is 0. The topological polar surface area (TPSA) is 27.8 Å². The standard InChI is InChI=1S/C14H19FN2/c1-9(2)16-7-6-12-10(3)17-14-8-11(15)4-5-13(12)14/h4-5,8-9,16-17H,6-7H2,1-3H3. The molecule has 1 heterocycles. The van der Waals surface area contributed by atoms with Crippen LogP contribution in [0.4, 0.5) is 4.39 Å². The van der Waals surface area contributed by atoms with Crippen molar-refractivity contribution in [3.05, 3.63) is 35.3 Å². The average molecular weight is 234 g/mol. The van der Waals surface area contributed by atoms with E-state index in [1.165, 1.54) is 11.6 Å². The summed E-state index contributed by atoms with van der Waals surface area (Å²) in [6.07, 6.45) is 0.968. The number of aryl methyl sites for hydroxylation is 1. The molecule has 0 unspecified atom stereocenters. The Balaban J connectivity index is 2.24. The zero-order chi connectivity index (χ0) is 12.4. The molecule has 2 rings (SSSR count). The quantitative estimate of drug-likeness (QED) is 0.835. The molecule has 1 aromatic heterocycles. The van der Waals surface area contributed by atoms with Crippen molar-refractivity contribution in [2.24, 2.45) is 0 Å². The number of rotatable bonds is 4. The van der Waals surface area contributed by atoms with Gasteiger partial charge in [-0.2, -0.15) is 0 Å². The van der Waals surface area contributed by atoms with E-state index in [2.05, 4.69) is 24.1 Å². The van der Waals surface area contributed by atoms with Crippen LogP contribution in [-0.2, 0) is 6.42 Å². The number of nitrogens with one attached hydrogen (secondary N) is 2. The van der Waals surface area contributed by atoms with Gasteiger partial charge in [-0.3, -0.25) is 0 Å². The van der Waals surface area contributed by atoms with Gasteiger partial charge in [-0.15, -0.1) is 0 Å². The molecule has 0 saturated heterocycles. The summed E-state index contributed by atoms with van der Waals surface area (Å²) in [5.41, 5.74) is 3.31. The van der Waals surface area contributed by atoms with Gasteiger partial charge in [-0.25, -0.2) is 4.39 Å². The Kier molecular flexibility index (Phi) is 3.48. The fourth-order valence-electron chi connectivity index (χ4n) is 2.17. The molecule has 0 radical (unpaired) electrons. The third-order valence-electron chi connectivity index (χ3n) is 3.01. The van der Waals surface area contributed by atoms with Gasteiger partial charge in [-0.05, 0) is 43.7 Å². The Morgan fingerprint density at radius 3 is 2.82 bits per heavy atom. The average Bonchev–Trinajstić information content (AvgIpc) is 2.54. The van der Waals surface area contributed by atoms with E-state index >= 15 is 0 Å². The van der Waals surface area contributed by atoms with E-state index in [0.29, 0.717) is 6.04 Å². The summed E-state index contributed by atoms with van der Waals surface area (Å²) in [4.78, 5) is 3.24. The van der Waals surface area contributed by atoms with Crippen LogP contribution in [0.1, 0.15) is 25.1 Å². The van der Waals surface area contributed by atoms with Crippen LogP contribution in [-0.4, -0.2) is 17.6 Å². The highest BCUT2D eigenvalue weighted by Gasteiger charge is 2.08. The highest BCUT2D eigenvalue weighted by Crippen LogP contribution is 2.23. The van der Waals surface area contributed by atoms with Crippen molar-refractivity contribution >= 4 is 10.9 Å². The summed E-state index contributed by atoms with van der Waals surface area (Å²) < 4.78 is 13.1. The van der Waals surface area contributed by atoms with E-state index in [0.717, 1.165) is 29.6 Å². The minimum absolute atomic E-state index is 0.189. The summed E-state index contributed by atoms with van der Waals surface area (Å²) in [6, 6.07) is 5.44. The van der Waals surface area contributed by atoms with Crippen LogP contribution >= 0.6 is 0 Å². The molecule has 17 heavy (non-hydrogen) atoms. The molecule has 0 atom stereocenters. The molecule has 0 aliphatic carbocycles. The predicted octanol–water partition coefficient (Wildman–Crippen LogP) is 3.16. The number of hydrogen-bond donors (Lipinski definition) is 2. The van der Waals surface area contributed by atoms with E-state index in [9.17, 15) is 4.39 Å². The van der Waals surface area contributed by atoms with E-state index < -0.39 is 0 Å². The Morgan fingerprint density at radius 1 is 1.35 bits per heavy atom. The number of benzene rings is 1. The van der Waals surface area contributed by atoms with Gasteiger partial charge in [0.15, 0.2) is 0 Å². The molecule has 0 bridgehead atoms. The third-order valence-corrected chi connectivity index (χ3v) is 3.01. The van der Waals surface area contributed by atoms with Crippen molar-refractivity contribution in [1.82, 2.24) is 10.3 Å². The monoisotopic (exact) mass is 234 g/mol. The van der Waals surface area contributed by atoms with Gasteiger partial charge in [0.05, 0.1) is 0 Å². The highest BCUT2D eigenvalue weighted by molar-refractivity contribution is 5.84. The smallest absolute Gasteiger partial charge is 0.125 e. The van der Waals surface area contributed by atoms with Crippen molar-refractivity contribution in [2.45, 2.75) is 33.2 Å². The maximum absolute atomic E-state index is 13.1. The summed E-state index contributed by atoms with van der Waals surface area (Å²) >= 11 is 0. The van der Waals surface area contributed by atoms with Crippen molar-refractivity contribution in [1.29, 1.82) is 0 Å². The summed E-state index contributed by atoms with van der Waals surface area (Å²) in [5.74, 6) is -0.189. The van der Waals surface area contributed by atoms with Crippen molar-refractivity contribution < 1.29 is 4.39 Å².